The number of nitrogens with one attached hydrogen (secondary N) is 2. The van der Waals surface area contributed by atoms with Gasteiger partial charge in [-0.2, -0.15) is 0 Å². The van der Waals surface area contributed by atoms with E-state index in [1.807, 2.05) is 0 Å². The van der Waals surface area contributed by atoms with Crippen LogP contribution in [0.2, 0.25) is 5.02 Å². The van der Waals surface area contributed by atoms with Crippen molar-refractivity contribution in [1.82, 2.24) is 10.0 Å². The van der Waals surface area contributed by atoms with Gasteiger partial charge in [-0.15, -0.1) is 0 Å². The van der Waals surface area contributed by atoms with Crippen LogP contribution in [-0.2, 0) is 10.0 Å². The van der Waals surface area contributed by atoms with Crippen LogP contribution in [0.25, 0.3) is 0 Å². The molecule has 0 aromatic heterocycles. The number of hydrogen-bond acceptors (Lipinski definition) is 3. The van der Waals surface area contributed by atoms with Gasteiger partial charge in [-0.05, 0) is 72.4 Å². The molecule has 1 aliphatic rings. The highest BCUT2D eigenvalue weighted by molar-refractivity contribution is 9.10. The molecular formula is C13H18BrClN2O2S. The van der Waals surface area contributed by atoms with Gasteiger partial charge in [-0.25, -0.2) is 13.1 Å². The molecule has 20 heavy (non-hydrogen) atoms. The molecule has 1 heterocycles. The Morgan fingerprint density at radius 1 is 1.45 bits per heavy atom. The van der Waals surface area contributed by atoms with Gasteiger partial charge in [-0.3, -0.25) is 0 Å². The quantitative estimate of drug-likeness (QED) is 0.824. The third kappa shape index (κ3) is 4.43. The van der Waals surface area contributed by atoms with Crippen molar-refractivity contribution in [3.8, 4) is 0 Å². The van der Waals surface area contributed by atoms with Gasteiger partial charge in [0.25, 0.3) is 0 Å². The summed E-state index contributed by atoms with van der Waals surface area (Å²) in [6.45, 7) is 2.51. The predicted molar refractivity (Wildman–Crippen MR) is 84.6 cm³/mol. The van der Waals surface area contributed by atoms with Gasteiger partial charge in [0, 0.05) is 11.0 Å². The summed E-state index contributed by atoms with van der Waals surface area (Å²) in [6, 6.07) is 4.64. The minimum absolute atomic E-state index is 0.201. The van der Waals surface area contributed by atoms with Gasteiger partial charge in [0.05, 0.1) is 9.92 Å². The van der Waals surface area contributed by atoms with Crippen molar-refractivity contribution < 1.29 is 8.42 Å². The van der Waals surface area contributed by atoms with Crippen molar-refractivity contribution in [1.29, 1.82) is 0 Å². The number of benzene rings is 1. The second-order valence-corrected chi connectivity index (χ2v) is 8.00. The average Bonchev–Trinajstić information content (AvgIpc) is 2.43. The molecular weight excluding hydrogens is 364 g/mol. The molecule has 0 spiro atoms. The molecule has 1 fully saturated rings. The Morgan fingerprint density at radius 3 is 2.90 bits per heavy atom. The summed E-state index contributed by atoms with van der Waals surface area (Å²) in [4.78, 5) is 0.201. The second kappa shape index (κ2) is 7.22. The van der Waals surface area contributed by atoms with Crippen LogP contribution in [-0.4, -0.2) is 28.1 Å². The second-order valence-electron chi connectivity index (χ2n) is 4.97. The van der Waals surface area contributed by atoms with Crippen LogP contribution in [0, 0.1) is 5.92 Å². The monoisotopic (exact) mass is 380 g/mol. The van der Waals surface area contributed by atoms with E-state index in [2.05, 4.69) is 26.0 Å². The smallest absolute Gasteiger partial charge is 0.240 e. The lowest BCUT2D eigenvalue weighted by molar-refractivity contribution is 0.358. The van der Waals surface area contributed by atoms with Crippen molar-refractivity contribution in [3.63, 3.8) is 0 Å². The maximum atomic E-state index is 12.1. The Morgan fingerprint density at radius 2 is 2.25 bits per heavy atom. The molecule has 1 unspecified atom stereocenters. The highest BCUT2D eigenvalue weighted by Gasteiger charge is 2.17. The van der Waals surface area contributed by atoms with Gasteiger partial charge < -0.3 is 5.32 Å². The molecule has 0 saturated carbocycles. The van der Waals surface area contributed by atoms with E-state index in [0.29, 0.717) is 22.0 Å². The van der Waals surface area contributed by atoms with E-state index < -0.39 is 10.0 Å². The molecule has 1 aromatic rings. The SMILES string of the molecule is O=S(=O)(NCCC1CCCNC1)c1ccc(Br)c(Cl)c1. The summed E-state index contributed by atoms with van der Waals surface area (Å²) in [6.07, 6.45) is 3.19. The first kappa shape index (κ1) is 16.2. The summed E-state index contributed by atoms with van der Waals surface area (Å²) >= 11 is 9.18. The molecule has 1 aliphatic heterocycles. The fourth-order valence-corrected chi connectivity index (χ4v) is 3.86. The number of hydrogen-bond donors (Lipinski definition) is 2. The van der Waals surface area contributed by atoms with E-state index in [-0.39, 0.29) is 4.90 Å². The summed E-state index contributed by atoms with van der Waals surface area (Å²) in [5.74, 6) is 0.556. The Labute approximate surface area is 133 Å². The lowest BCUT2D eigenvalue weighted by atomic mass is 9.96. The third-order valence-electron chi connectivity index (χ3n) is 3.44. The Balaban J connectivity index is 1.91. The highest BCUT2D eigenvalue weighted by atomic mass is 79.9. The van der Waals surface area contributed by atoms with E-state index >= 15 is 0 Å². The first-order valence-corrected chi connectivity index (χ1v) is 9.30. The van der Waals surface area contributed by atoms with Crippen molar-refractivity contribution in [3.05, 3.63) is 27.7 Å². The molecule has 7 heteroatoms. The Bertz CT molecular complexity index is 559. The van der Waals surface area contributed by atoms with Gasteiger partial charge in [0.2, 0.25) is 10.0 Å². The summed E-state index contributed by atoms with van der Waals surface area (Å²) in [5, 5.41) is 3.72. The largest absolute Gasteiger partial charge is 0.316 e. The summed E-state index contributed by atoms with van der Waals surface area (Å²) < 4.78 is 27.6. The van der Waals surface area contributed by atoms with Crippen molar-refractivity contribution >= 4 is 37.6 Å². The Hall–Kier alpha value is -0.140. The summed E-state index contributed by atoms with van der Waals surface area (Å²) in [5.41, 5.74) is 0. The molecule has 1 atom stereocenters. The van der Waals surface area contributed by atoms with Gasteiger partial charge in [-0.1, -0.05) is 11.6 Å². The van der Waals surface area contributed by atoms with E-state index in [1.54, 1.807) is 12.1 Å². The lowest BCUT2D eigenvalue weighted by Crippen LogP contribution is -2.33. The van der Waals surface area contributed by atoms with E-state index in [4.69, 9.17) is 11.6 Å². The molecule has 4 nitrogen and oxygen atoms in total. The fourth-order valence-electron chi connectivity index (χ4n) is 2.30. The minimum atomic E-state index is -3.48. The molecule has 2 rings (SSSR count). The number of sulfonamides is 1. The molecule has 0 aliphatic carbocycles. The lowest BCUT2D eigenvalue weighted by Gasteiger charge is -2.22. The third-order valence-corrected chi connectivity index (χ3v) is 6.14. The number of piperidine rings is 1. The van der Waals surface area contributed by atoms with Gasteiger partial charge >= 0.3 is 0 Å². The average molecular weight is 382 g/mol. The molecule has 112 valence electrons. The van der Waals surface area contributed by atoms with Crippen LogP contribution in [0.15, 0.2) is 27.6 Å². The zero-order valence-corrected chi connectivity index (χ0v) is 14.2. The first-order chi connectivity index (χ1) is 9.49. The topological polar surface area (TPSA) is 58.2 Å². The van der Waals surface area contributed by atoms with E-state index in [0.717, 1.165) is 19.5 Å². The molecule has 1 saturated heterocycles. The fraction of sp³-hybridized carbons (Fsp3) is 0.538. The van der Waals surface area contributed by atoms with Crippen LogP contribution in [0.5, 0.6) is 0 Å². The van der Waals surface area contributed by atoms with Gasteiger partial charge in [0.1, 0.15) is 0 Å². The van der Waals surface area contributed by atoms with Crippen molar-refractivity contribution in [2.24, 2.45) is 5.92 Å². The van der Waals surface area contributed by atoms with Crippen LogP contribution >= 0.6 is 27.5 Å². The molecule has 2 N–H and O–H groups in total. The Kier molecular flexibility index (Phi) is 5.86. The molecule has 1 aromatic carbocycles. The molecule has 0 radical (unpaired) electrons. The molecule has 0 amide bonds. The van der Waals surface area contributed by atoms with Crippen molar-refractivity contribution in [2.45, 2.75) is 24.2 Å². The maximum absolute atomic E-state index is 12.1. The van der Waals surface area contributed by atoms with Crippen LogP contribution in [0.4, 0.5) is 0 Å². The highest BCUT2D eigenvalue weighted by Crippen LogP contribution is 2.25. The zero-order chi connectivity index (χ0) is 14.6. The van der Waals surface area contributed by atoms with Crippen LogP contribution in [0.1, 0.15) is 19.3 Å². The number of rotatable bonds is 5. The van der Waals surface area contributed by atoms with E-state index in [9.17, 15) is 8.42 Å². The molecule has 0 bridgehead atoms. The summed E-state index contributed by atoms with van der Waals surface area (Å²) in [7, 11) is -3.48. The van der Waals surface area contributed by atoms with Crippen LogP contribution in [0.3, 0.4) is 0 Å². The number of halogens is 2. The standard InChI is InChI=1S/C13H18BrClN2O2S/c14-12-4-3-11(8-13(12)15)20(18,19)17-7-5-10-2-1-6-16-9-10/h3-4,8,10,16-17H,1-2,5-7,9H2. The first-order valence-electron chi connectivity index (χ1n) is 6.64. The normalized spacial score (nSPS) is 20.0. The van der Waals surface area contributed by atoms with Gasteiger partial charge in [0.15, 0.2) is 0 Å². The predicted octanol–water partition coefficient (Wildman–Crippen LogP) is 2.77. The minimum Gasteiger partial charge on any atom is -0.316 e. The zero-order valence-electron chi connectivity index (χ0n) is 11.0. The van der Waals surface area contributed by atoms with E-state index in [1.165, 1.54) is 18.9 Å². The van der Waals surface area contributed by atoms with Crippen molar-refractivity contribution in [2.75, 3.05) is 19.6 Å². The van der Waals surface area contributed by atoms with Crippen LogP contribution < -0.4 is 10.0 Å². The maximum Gasteiger partial charge on any atom is 0.240 e.